The molecular formula is C17H28N2O2. The quantitative estimate of drug-likeness (QED) is 0.847. The molecule has 2 atom stereocenters. The first-order chi connectivity index (χ1) is 10.2. The number of carbonyl (C=O) groups excluding carboxylic acids is 1. The second-order valence-electron chi connectivity index (χ2n) is 7.96. The molecule has 4 rings (SSSR count). The minimum absolute atomic E-state index is 0.221. The molecule has 3 saturated heterocycles. The van der Waals surface area contributed by atoms with Gasteiger partial charge in [0.2, 0.25) is 5.91 Å². The lowest BCUT2D eigenvalue weighted by atomic mass is 9.79. The highest BCUT2D eigenvalue weighted by Crippen LogP contribution is 2.44. The molecule has 1 saturated carbocycles. The van der Waals surface area contributed by atoms with Crippen LogP contribution in [0.3, 0.4) is 0 Å². The Labute approximate surface area is 127 Å². The van der Waals surface area contributed by atoms with Gasteiger partial charge in [-0.2, -0.15) is 0 Å². The molecule has 0 bridgehead atoms. The maximum Gasteiger partial charge on any atom is 0.220 e. The molecule has 2 spiro atoms. The minimum atomic E-state index is 0.221. The summed E-state index contributed by atoms with van der Waals surface area (Å²) in [6.07, 6.45) is 11.4. The van der Waals surface area contributed by atoms with E-state index in [1.165, 1.54) is 57.9 Å². The second kappa shape index (κ2) is 5.24. The van der Waals surface area contributed by atoms with Crippen molar-refractivity contribution in [3.8, 4) is 0 Å². The Balaban J connectivity index is 1.34. The fraction of sp³-hybridized carbons (Fsp3) is 0.941. The van der Waals surface area contributed by atoms with Crippen LogP contribution in [-0.4, -0.2) is 48.7 Å². The van der Waals surface area contributed by atoms with Crippen LogP contribution >= 0.6 is 0 Å². The zero-order valence-electron chi connectivity index (χ0n) is 13.0. The van der Waals surface area contributed by atoms with Crippen LogP contribution in [-0.2, 0) is 9.53 Å². The van der Waals surface area contributed by atoms with Crippen LogP contribution in [0.25, 0.3) is 0 Å². The molecule has 1 aliphatic carbocycles. The summed E-state index contributed by atoms with van der Waals surface area (Å²) in [5.41, 5.74) is 0.474. The number of piperidine rings is 1. The molecule has 1 amide bonds. The van der Waals surface area contributed by atoms with E-state index < -0.39 is 0 Å². The molecule has 4 fully saturated rings. The summed E-state index contributed by atoms with van der Waals surface area (Å²) in [5.74, 6) is 0.249. The van der Waals surface area contributed by atoms with E-state index in [0.717, 1.165) is 26.1 Å². The highest BCUT2D eigenvalue weighted by molar-refractivity contribution is 5.79. The maximum absolute atomic E-state index is 11.6. The monoisotopic (exact) mass is 292 g/mol. The molecule has 21 heavy (non-hydrogen) atoms. The van der Waals surface area contributed by atoms with Gasteiger partial charge in [-0.15, -0.1) is 0 Å². The van der Waals surface area contributed by atoms with Crippen LogP contribution in [0.15, 0.2) is 0 Å². The zero-order valence-corrected chi connectivity index (χ0v) is 13.0. The first-order valence-electron chi connectivity index (χ1n) is 8.84. The van der Waals surface area contributed by atoms with E-state index in [-0.39, 0.29) is 16.9 Å². The van der Waals surface area contributed by atoms with Gasteiger partial charge in [0, 0.05) is 31.5 Å². The van der Waals surface area contributed by atoms with Crippen molar-refractivity contribution >= 4 is 5.91 Å². The van der Waals surface area contributed by atoms with E-state index >= 15 is 0 Å². The molecule has 4 nitrogen and oxygen atoms in total. The number of rotatable bonds is 2. The molecule has 4 aliphatic rings. The van der Waals surface area contributed by atoms with Crippen LogP contribution in [0.5, 0.6) is 0 Å². The second-order valence-corrected chi connectivity index (χ2v) is 7.96. The Bertz CT molecular complexity index is 419. The number of likely N-dealkylation sites (tertiary alicyclic amines) is 1. The Morgan fingerprint density at radius 2 is 2.05 bits per heavy atom. The van der Waals surface area contributed by atoms with E-state index in [2.05, 4.69) is 10.2 Å². The molecule has 1 N–H and O–H groups in total. The summed E-state index contributed by atoms with van der Waals surface area (Å²) in [7, 11) is 0. The molecule has 118 valence electrons. The molecule has 0 aromatic carbocycles. The van der Waals surface area contributed by atoms with Crippen molar-refractivity contribution < 1.29 is 9.53 Å². The lowest BCUT2D eigenvalue weighted by molar-refractivity contribution is -0.120. The van der Waals surface area contributed by atoms with E-state index in [1.807, 2.05) is 0 Å². The van der Waals surface area contributed by atoms with Crippen LogP contribution < -0.4 is 5.32 Å². The van der Waals surface area contributed by atoms with E-state index in [1.54, 1.807) is 0 Å². The van der Waals surface area contributed by atoms with Gasteiger partial charge in [-0.1, -0.05) is 12.8 Å². The third-order valence-electron chi connectivity index (χ3n) is 6.25. The average Bonchev–Trinajstić information content (AvgIpc) is 3.15. The van der Waals surface area contributed by atoms with E-state index in [0.29, 0.717) is 6.10 Å². The lowest BCUT2D eigenvalue weighted by Crippen LogP contribution is -2.47. The predicted molar refractivity (Wildman–Crippen MR) is 81.0 cm³/mol. The Hall–Kier alpha value is -0.610. The Morgan fingerprint density at radius 3 is 2.81 bits per heavy atom. The zero-order chi connectivity index (χ0) is 14.3. The number of amides is 1. The van der Waals surface area contributed by atoms with Gasteiger partial charge in [0.15, 0.2) is 0 Å². The topological polar surface area (TPSA) is 41.6 Å². The molecule has 0 radical (unpaired) electrons. The van der Waals surface area contributed by atoms with E-state index in [9.17, 15) is 4.79 Å². The van der Waals surface area contributed by atoms with Gasteiger partial charge in [0.25, 0.3) is 0 Å². The highest BCUT2D eigenvalue weighted by atomic mass is 16.5. The van der Waals surface area contributed by atoms with Gasteiger partial charge in [0.1, 0.15) is 0 Å². The standard InChI is InChI=1S/C17H28N2O2/c20-15-10-16(12-18-15)5-3-9-19(13-16)11-14-4-8-17(21-14)6-1-2-7-17/h14H,1-13H2,(H,18,20). The number of ether oxygens (including phenoxy) is 1. The normalized spacial score (nSPS) is 39.4. The number of nitrogens with zero attached hydrogens (tertiary/aromatic N) is 1. The maximum atomic E-state index is 11.6. The van der Waals surface area contributed by atoms with Gasteiger partial charge in [-0.3, -0.25) is 4.79 Å². The van der Waals surface area contributed by atoms with Crippen LogP contribution in [0, 0.1) is 5.41 Å². The average molecular weight is 292 g/mol. The van der Waals surface area contributed by atoms with Gasteiger partial charge < -0.3 is 15.0 Å². The summed E-state index contributed by atoms with van der Waals surface area (Å²) >= 11 is 0. The Morgan fingerprint density at radius 1 is 1.19 bits per heavy atom. The fourth-order valence-corrected chi connectivity index (χ4v) is 5.21. The third kappa shape index (κ3) is 2.72. The van der Waals surface area contributed by atoms with Crippen LogP contribution in [0.1, 0.15) is 57.8 Å². The van der Waals surface area contributed by atoms with Gasteiger partial charge in [0.05, 0.1) is 11.7 Å². The number of hydrogen-bond acceptors (Lipinski definition) is 3. The summed E-state index contributed by atoms with van der Waals surface area (Å²) in [6.45, 7) is 4.23. The molecule has 0 aromatic rings. The predicted octanol–water partition coefficient (Wildman–Crippen LogP) is 2.08. The number of hydrogen-bond donors (Lipinski definition) is 1. The lowest BCUT2D eigenvalue weighted by Gasteiger charge is -2.40. The van der Waals surface area contributed by atoms with Crippen molar-refractivity contribution in [3.63, 3.8) is 0 Å². The molecule has 3 aliphatic heterocycles. The summed E-state index contributed by atoms with van der Waals surface area (Å²) in [6, 6.07) is 0. The molecule has 3 heterocycles. The minimum Gasteiger partial charge on any atom is -0.370 e. The first kappa shape index (κ1) is 14.0. The van der Waals surface area contributed by atoms with Gasteiger partial charge >= 0.3 is 0 Å². The van der Waals surface area contributed by atoms with Crippen molar-refractivity contribution in [2.45, 2.75) is 69.5 Å². The molecular weight excluding hydrogens is 264 g/mol. The van der Waals surface area contributed by atoms with Crippen molar-refractivity contribution in [3.05, 3.63) is 0 Å². The fourth-order valence-electron chi connectivity index (χ4n) is 5.21. The molecule has 2 unspecified atom stereocenters. The smallest absolute Gasteiger partial charge is 0.220 e. The highest BCUT2D eigenvalue weighted by Gasteiger charge is 2.45. The van der Waals surface area contributed by atoms with Gasteiger partial charge in [-0.25, -0.2) is 0 Å². The van der Waals surface area contributed by atoms with Crippen molar-refractivity contribution in [2.75, 3.05) is 26.2 Å². The van der Waals surface area contributed by atoms with Crippen molar-refractivity contribution in [1.29, 1.82) is 0 Å². The number of carbonyl (C=O) groups is 1. The SMILES string of the molecule is O=C1CC2(CCCN(CC3CCC4(CCCC4)O3)C2)CN1. The number of nitrogens with one attached hydrogen (secondary N) is 1. The van der Waals surface area contributed by atoms with E-state index in [4.69, 9.17) is 4.74 Å². The molecule has 0 aromatic heterocycles. The Kier molecular flexibility index (Phi) is 3.49. The summed E-state index contributed by atoms with van der Waals surface area (Å²) < 4.78 is 6.46. The van der Waals surface area contributed by atoms with Crippen LogP contribution in [0.4, 0.5) is 0 Å². The first-order valence-corrected chi connectivity index (χ1v) is 8.84. The summed E-state index contributed by atoms with van der Waals surface area (Å²) in [5, 5.41) is 3.04. The van der Waals surface area contributed by atoms with Crippen molar-refractivity contribution in [2.24, 2.45) is 5.41 Å². The molecule has 4 heteroatoms. The van der Waals surface area contributed by atoms with Gasteiger partial charge in [-0.05, 0) is 45.1 Å². The third-order valence-corrected chi connectivity index (χ3v) is 6.25. The van der Waals surface area contributed by atoms with Crippen LogP contribution in [0.2, 0.25) is 0 Å². The van der Waals surface area contributed by atoms with Crippen molar-refractivity contribution in [1.82, 2.24) is 10.2 Å². The largest absolute Gasteiger partial charge is 0.370 e. The summed E-state index contributed by atoms with van der Waals surface area (Å²) in [4.78, 5) is 14.2.